The van der Waals surface area contributed by atoms with Crippen LogP contribution in [0.4, 0.5) is 5.69 Å². The third kappa shape index (κ3) is 6.37. The maximum Gasteiger partial charge on any atom is 0.255 e. The maximum absolute atomic E-state index is 13.3. The van der Waals surface area contributed by atoms with Gasteiger partial charge in [-0.25, -0.2) is 0 Å². The lowest BCUT2D eigenvalue weighted by molar-refractivity contribution is -0.121. The molecule has 2 saturated heterocycles. The van der Waals surface area contributed by atoms with Crippen molar-refractivity contribution in [1.29, 1.82) is 0 Å². The number of rotatable bonds is 6. The van der Waals surface area contributed by atoms with E-state index in [9.17, 15) is 9.59 Å². The summed E-state index contributed by atoms with van der Waals surface area (Å²) in [5.41, 5.74) is 1.98. The molecule has 0 aliphatic carbocycles. The van der Waals surface area contributed by atoms with Gasteiger partial charge in [-0.2, -0.15) is 4.98 Å². The van der Waals surface area contributed by atoms with Crippen molar-refractivity contribution in [2.45, 2.75) is 45.1 Å². The number of aromatic nitrogens is 2. The van der Waals surface area contributed by atoms with Crippen molar-refractivity contribution in [2.75, 3.05) is 31.5 Å². The third-order valence-electron chi connectivity index (χ3n) is 7.11. The van der Waals surface area contributed by atoms with Crippen LogP contribution in [0.5, 0.6) is 0 Å². The Kier molecular flexibility index (Phi) is 8.16. The number of amides is 2. The van der Waals surface area contributed by atoms with Gasteiger partial charge in [-0.1, -0.05) is 41.7 Å². The Morgan fingerprint density at radius 2 is 1.73 bits per heavy atom. The molecule has 9 heteroatoms. The number of halogens is 1. The molecule has 1 N–H and O–H groups in total. The average Bonchev–Trinajstić information content (AvgIpc) is 3.20. The largest absolute Gasteiger partial charge is 0.339 e. The van der Waals surface area contributed by atoms with Gasteiger partial charge in [0.2, 0.25) is 17.6 Å². The number of hydrogen-bond acceptors (Lipinski definition) is 6. The molecule has 1 aromatic heterocycles. The molecule has 3 aromatic rings. The van der Waals surface area contributed by atoms with E-state index in [1.165, 1.54) is 0 Å². The summed E-state index contributed by atoms with van der Waals surface area (Å²) in [6.07, 6.45) is 6.06. The number of anilines is 1. The predicted octanol–water partition coefficient (Wildman–Crippen LogP) is 5.26. The van der Waals surface area contributed by atoms with E-state index >= 15 is 0 Å². The number of nitrogens with zero attached hydrogens (tertiary/aromatic N) is 4. The average molecular weight is 522 g/mol. The van der Waals surface area contributed by atoms with Gasteiger partial charge < -0.3 is 14.7 Å². The normalized spacial score (nSPS) is 18.8. The highest BCUT2D eigenvalue weighted by Crippen LogP contribution is 2.25. The van der Waals surface area contributed by atoms with Gasteiger partial charge in [0.25, 0.3) is 5.91 Å². The van der Waals surface area contributed by atoms with E-state index in [4.69, 9.17) is 16.1 Å². The molecule has 0 spiro atoms. The molecule has 2 aliphatic heterocycles. The molecule has 8 nitrogen and oxygen atoms in total. The molecule has 0 saturated carbocycles. The van der Waals surface area contributed by atoms with Crippen LogP contribution in [0.15, 0.2) is 53.1 Å². The second-order valence-electron chi connectivity index (χ2n) is 9.83. The molecule has 2 aliphatic rings. The number of carbonyl (C=O) groups is 2. The predicted molar refractivity (Wildman–Crippen MR) is 142 cm³/mol. The van der Waals surface area contributed by atoms with Crippen LogP contribution in [0.25, 0.3) is 11.4 Å². The number of carbonyl (C=O) groups excluding carboxylic acids is 2. The lowest BCUT2D eigenvalue weighted by atomic mass is 9.96. The Bertz CT molecular complexity index is 1220. The Labute approximate surface area is 222 Å². The van der Waals surface area contributed by atoms with Crippen LogP contribution in [0.1, 0.15) is 54.8 Å². The SMILES string of the molecule is O=C(Nc1ccccc1C(=O)N1CCCCCC1)C1CCCN(Cc2nc(-c3ccc(Cl)cc3)no2)C1. The molecule has 2 aromatic carbocycles. The molecule has 1 atom stereocenters. The summed E-state index contributed by atoms with van der Waals surface area (Å²) in [4.78, 5) is 35.1. The first-order chi connectivity index (χ1) is 18.1. The first-order valence-corrected chi connectivity index (χ1v) is 13.4. The molecular weight excluding hydrogens is 490 g/mol. The Hall–Kier alpha value is -3.23. The highest BCUT2D eigenvalue weighted by Gasteiger charge is 2.28. The molecule has 3 heterocycles. The van der Waals surface area contributed by atoms with Crippen LogP contribution in [0, 0.1) is 5.92 Å². The summed E-state index contributed by atoms with van der Waals surface area (Å²) in [5.74, 6) is 0.779. The molecular formula is C28H32ClN5O3. The van der Waals surface area contributed by atoms with Crippen molar-refractivity contribution in [3.05, 3.63) is 65.0 Å². The molecule has 0 radical (unpaired) electrons. The van der Waals surface area contributed by atoms with Gasteiger partial charge in [0, 0.05) is 30.2 Å². The van der Waals surface area contributed by atoms with Gasteiger partial charge in [-0.3, -0.25) is 14.5 Å². The smallest absolute Gasteiger partial charge is 0.255 e. The van der Waals surface area contributed by atoms with Crippen molar-refractivity contribution in [2.24, 2.45) is 5.92 Å². The van der Waals surface area contributed by atoms with Gasteiger partial charge in [-0.05, 0) is 68.6 Å². The van der Waals surface area contributed by atoms with E-state index < -0.39 is 0 Å². The van der Waals surface area contributed by atoms with E-state index in [0.29, 0.717) is 41.1 Å². The van der Waals surface area contributed by atoms with E-state index in [-0.39, 0.29) is 17.7 Å². The fourth-order valence-corrected chi connectivity index (χ4v) is 5.22. The van der Waals surface area contributed by atoms with Gasteiger partial charge >= 0.3 is 0 Å². The zero-order chi connectivity index (χ0) is 25.6. The van der Waals surface area contributed by atoms with Crippen LogP contribution in [0.2, 0.25) is 5.02 Å². The van der Waals surface area contributed by atoms with Gasteiger partial charge in [0.1, 0.15) is 0 Å². The summed E-state index contributed by atoms with van der Waals surface area (Å²) in [5, 5.41) is 7.80. The van der Waals surface area contributed by atoms with E-state index in [0.717, 1.165) is 63.7 Å². The van der Waals surface area contributed by atoms with Gasteiger partial charge in [-0.15, -0.1) is 0 Å². The monoisotopic (exact) mass is 521 g/mol. The number of nitrogens with one attached hydrogen (secondary N) is 1. The lowest BCUT2D eigenvalue weighted by Crippen LogP contribution is -2.40. The summed E-state index contributed by atoms with van der Waals surface area (Å²) in [6, 6.07) is 14.6. The molecule has 37 heavy (non-hydrogen) atoms. The Morgan fingerprint density at radius 1 is 0.973 bits per heavy atom. The lowest BCUT2D eigenvalue weighted by Gasteiger charge is -2.31. The molecule has 2 fully saturated rings. The number of benzene rings is 2. The summed E-state index contributed by atoms with van der Waals surface area (Å²) < 4.78 is 5.47. The molecule has 194 valence electrons. The zero-order valence-electron chi connectivity index (χ0n) is 20.9. The second kappa shape index (κ2) is 11.9. The minimum atomic E-state index is -0.186. The van der Waals surface area contributed by atoms with Gasteiger partial charge in [0.05, 0.1) is 23.7 Å². The number of piperidine rings is 1. The summed E-state index contributed by atoms with van der Waals surface area (Å²) in [6.45, 7) is 3.47. The summed E-state index contributed by atoms with van der Waals surface area (Å²) in [7, 11) is 0. The molecule has 2 amide bonds. The van der Waals surface area contributed by atoms with Crippen molar-refractivity contribution >= 4 is 29.1 Å². The quantitative estimate of drug-likeness (QED) is 0.476. The Balaban J connectivity index is 1.21. The maximum atomic E-state index is 13.3. The minimum absolute atomic E-state index is 0.00374. The number of hydrogen-bond donors (Lipinski definition) is 1. The fraction of sp³-hybridized carbons (Fsp3) is 0.429. The van der Waals surface area contributed by atoms with E-state index in [1.807, 2.05) is 41.3 Å². The Morgan fingerprint density at radius 3 is 2.51 bits per heavy atom. The van der Waals surface area contributed by atoms with Crippen molar-refractivity contribution in [3.8, 4) is 11.4 Å². The van der Waals surface area contributed by atoms with Crippen LogP contribution in [-0.4, -0.2) is 57.9 Å². The van der Waals surface area contributed by atoms with Crippen LogP contribution >= 0.6 is 11.6 Å². The molecule has 5 rings (SSSR count). The first kappa shape index (κ1) is 25.4. The van der Waals surface area contributed by atoms with Crippen molar-refractivity contribution in [1.82, 2.24) is 19.9 Å². The topological polar surface area (TPSA) is 91.6 Å². The second-order valence-corrected chi connectivity index (χ2v) is 10.3. The van der Waals surface area contributed by atoms with Crippen LogP contribution in [-0.2, 0) is 11.3 Å². The number of para-hydroxylation sites is 1. The van der Waals surface area contributed by atoms with Gasteiger partial charge in [0.15, 0.2) is 0 Å². The van der Waals surface area contributed by atoms with Crippen LogP contribution < -0.4 is 5.32 Å². The highest BCUT2D eigenvalue weighted by molar-refractivity contribution is 6.30. The molecule has 1 unspecified atom stereocenters. The minimum Gasteiger partial charge on any atom is -0.339 e. The van der Waals surface area contributed by atoms with Crippen LogP contribution in [0.3, 0.4) is 0 Å². The molecule has 0 bridgehead atoms. The van der Waals surface area contributed by atoms with Crippen molar-refractivity contribution < 1.29 is 14.1 Å². The zero-order valence-corrected chi connectivity index (χ0v) is 21.6. The first-order valence-electron chi connectivity index (χ1n) is 13.1. The van der Waals surface area contributed by atoms with E-state index in [1.54, 1.807) is 12.1 Å². The number of likely N-dealkylation sites (tertiary alicyclic amines) is 2. The van der Waals surface area contributed by atoms with Crippen molar-refractivity contribution in [3.63, 3.8) is 0 Å². The third-order valence-corrected chi connectivity index (χ3v) is 7.37. The van der Waals surface area contributed by atoms with E-state index in [2.05, 4.69) is 20.4 Å². The highest BCUT2D eigenvalue weighted by atomic mass is 35.5. The summed E-state index contributed by atoms with van der Waals surface area (Å²) >= 11 is 5.97. The fourth-order valence-electron chi connectivity index (χ4n) is 5.10. The standard InChI is InChI=1S/C28H32ClN5O3/c29-22-13-11-20(12-14-22)26-31-25(37-32-26)19-33-15-7-8-21(18-33)27(35)30-24-10-4-3-9-23(24)28(36)34-16-5-1-2-6-17-34/h3-4,9-14,21H,1-2,5-8,15-19H2,(H,30,35).